The summed E-state index contributed by atoms with van der Waals surface area (Å²) in [5.74, 6) is 2.02. The Morgan fingerprint density at radius 2 is 2.20 bits per heavy atom. The van der Waals surface area contributed by atoms with Crippen LogP contribution in [0.25, 0.3) is 0 Å². The van der Waals surface area contributed by atoms with E-state index in [1.165, 1.54) is 12.8 Å². The van der Waals surface area contributed by atoms with E-state index in [1.807, 2.05) is 12.3 Å². The predicted octanol–water partition coefficient (Wildman–Crippen LogP) is 0.711. The van der Waals surface area contributed by atoms with Crippen molar-refractivity contribution >= 4 is 0 Å². The van der Waals surface area contributed by atoms with Gasteiger partial charge in [0.1, 0.15) is 0 Å². The second-order valence-corrected chi connectivity index (χ2v) is 7.31. The molecule has 2 aromatic heterocycles. The van der Waals surface area contributed by atoms with E-state index in [1.54, 1.807) is 10.9 Å². The molecule has 0 aromatic carbocycles. The van der Waals surface area contributed by atoms with Crippen LogP contribution in [0.2, 0.25) is 0 Å². The molecule has 0 spiro atoms. The lowest BCUT2D eigenvalue weighted by atomic mass is 10.2. The first-order valence-corrected chi connectivity index (χ1v) is 9.07. The van der Waals surface area contributed by atoms with Crippen LogP contribution < -0.4 is 0 Å². The highest BCUT2D eigenvalue weighted by Gasteiger charge is 2.31. The molecule has 2 atom stereocenters. The average molecular weight is 346 g/mol. The predicted molar refractivity (Wildman–Crippen MR) is 90.8 cm³/mol. The number of nitrogens with zero attached hydrogens (tertiary/aromatic N) is 6. The maximum Gasteiger partial charge on any atom is 0.230 e. The third kappa shape index (κ3) is 4.26. The fourth-order valence-corrected chi connectivity index (χ4v) is 3.49. The van der Waals surface area contributed by atoms with Crippen LogP contribution in [0, 0.1) is 0 Å². The number of rotatable bonds is 8. The topological polar surface area (TPSA) is 83.5 Å². The van der Waals surface area contributed by atoms with Gasteiger partial charge in [-0.05, 0) is 38.9 Å². The van der Waals surface area contributed by atoms with Gasteiger partial charge in [-0.15, -0.1) is 10.2 Å². The van der Waals surface area contributed by atoms with Crippen molar-refractivity contribution in [2.24, 2.45) is 0 Å². The van der Waals surface area contributed by atoms with Crippen LogP contribution in [-0.2, 0) is 13.1 Å². The van der Waals surface area contributed by atoms with E-state index in [9.17, 15) is 5.11 Å². The van der Waals surface area contributed by atoms with E-state index < -0.39 is 6.10 Å². The maximum atomic E-state index is 10.3. The Morgan fingerprint density at radius 3 is 2.96 bits per heavy atom. The molecule has 136 valence electrons. The molecule has 2 aromatic rings. The molecule has 0 bridgehead atoms. The van der Waals surface area contributed by atoms with Crippen molar-refractivity contribution in [2.75, 3.05) is 26.7 Å². The van der Waals surface area contributed by atoms with Gasteiger partial charge in [0.15, 0.2) is 0 Å². The summed E-state index contributed by atoms with van der Waals surface area (Å²) < 4.78 is 7.54. The van der Waals surface area contributed by atoms with Crippen LogP contribution in [0.4, 0.5) is 0 Å². The van der Waals surface area contributed by atoms with Gasteiger partial charge in [-0.1, -0.05) is 0 Å². The summed E-state index contributed by atoms with van der Waals surface area (Å²) in [4.78, 5) is 4.60. The SMILES string of the molecule is CN(Cc1nnc(C2CC2)o1)[C@H]1CCN(C[C@H](O)Cn2cccn2)C1. The van der Waals surface area contributed by atoms with Gasteiger partial charge in [-0.25, -0.2) is 0 Å². The van der Waals surface area contributed by atoms with E-state index in [4.69, 9.17) is 4.42 Å². The number of likely N-dealkylation sites (N-methyl/N-ethyl adjacent to an activating group) is 1. The molecule has 1 saturated carbocycles. The molecule has 3 heterocycles. The highest BCUT2D eigenvalue weighted by molar-refractivity contribution is 5.00. The van der Waals surface area contributed by atoms with Gasteiger partial charge in [0.25, 0.3) is 0 Å². The minimum atomic E-state index is -0.402. The van der Waals surface area contributed by atoms with Crippen molar-refractivity contribution in [1.82, 2.24) is 29.8 Å². The van der Waals surface area contributed by atoms with Gasteiger partial charge >= 0.3 is 0 Å². The lowest BCUT2D eigenvalue weighted by molar-refractivity contribution is 0.101. The molecule has 4 rings (SSSR count). The van der Waals surface area contributed by atoms with Crippen molar-refractivity contribution < 1.29 is 9.52 Å². The molecule has 25 heavy (non-hydrogen) atoms. The third-order valence-electron chi connectivity index (χ3n) is 5.09. The quantitative estimate of drug-likeness (QED) is 0.754. The Kier molecular flexibility index (Phi) is 4.82. The Bertz CT molecular complexity index is 668. The zero-order valence-corrected chi connectivity index (χ0v) is 14.7. The molecule has 1 N–H and O–H groups in total. The number of aromatic nitrogens is 4. The van der Waals surface area contributed by atoms with Gasteiger partial charge < -0.3 is 9.52 Å². The van der Waals surface area contributed by atoms with Crippen LogP contribution >= 0.6 is 0 Å². The molecule has 1 aliphatic carbocycles. The molecule has 2 fully saturated rings. The summed E-state index contributed by atoms with van der Waals surface area (Å²) in [6.07, 6.45) is 6.66. The smallest absolute Gasteiger partial charge is 0.230 e. The van der Waals surface area contributed by atoms with Crippen LogP contribution in [0.3, 0.4) is 0 Å². The van der Waals surface area contributed by atoms with Crippen LogP contribution in [0.1, 0.15) is 37.0 Å². The minimum absolute atomic E-state index is 0.402. The van der Waals surface area contributed by atoms with E-state index in [2.05, 4.69) is 32.1 Å². The van der Waals surface area contributed by atoms with Gasteiger partial charge in [-0.3, -0.25) is 14.5 Å². The largest absolute Gasteiger partial charge is 0.424 e. The van der Waals surface area contributed by atoms with Crippen molar-refractivity contribution in [3.8, 4) is 0 Å². The lowest BCUT2D eigenvalue weighted by Gasteiger charge is -2.24. The van der Waals surface area contributed by atoms with E-state index in [0.29, 0.717) is 37.5 Å². The molecular weight excluding hydrogens is 320 g/mol. The van der Waals surface area contributed by atoms with Crippen molar-refractivity contribution in [3.05, 3.63) is 30.2 Å². The maximum absolute atomic E-state index is 10.3. The molecule has 0 unspecified atom stereocenters. The summed E-state index contributed by atoms with van der Waals surface area (Å²) in [5.41, 5.74) is 0. The zero-order valence-electron chi connectivity index (χ0n) is 14.7. The summed E-state index contributed by atoms with van der Waals surface area (Å²) in [7, 11) is 2.11. The van der Waals surface area contributed by atoms with Gasteiger partial charge in [0.05, 0.1) is 19.2 Å². The van der Waals surface area contributed by atoms with Crippen LogP contribution in [-0.4, -0.2) is 73.7 Å². The van der Waals surface area contributed by atoms with Gasteiger partial charge in [0, 0.05) is 37.4 Å². The first-order chi connectivity index (χ1) is 12.2. The first-order valence-electron chi connectivity index (χ1n) is 9.07. The Labute approximate surface area is 147 Å². The summed E-state index contributed by atoms with van der Waals surface area (Å²) in [6.45, 7) is 3.86. The molecule has 1 saturated heterocycles. The summed E-state index contributed by atoms with van der Waals surface area (Å²) >= 11 is 0. The molecule has 0 amide bonds. The normalized spacial score (nSPS) is 22.8. The fraction of sp³-hybridized carbons (Fsp3) is 0.706. The van der Waals surface area contributed by atoms with E-state index in [0.717, 1.165) is 25.4 Å². The standard InChI is InChI=1S/C17H26N6O2/c1-21(12-16-19-20-17(25-16)13-3-4-13)14-5-8-22(9-14)10-15(24)11-23-7-2-6-18-23/h2,6-7,13-15,24H,3-5,8-12H2,1H3/t14-,15-/m0/s1. The molecule has 0 radical (unpaired) electrons. The minimum Gasteiger partial charge on any atom is -0.424 e. The van der Waals surface area contributed by atoms with Crippen molar-refractivity contribution in [2.45, 2.75) is 50.4 Å². The summed E-state index contributed by atoms with van der Waals surface area (Å²) in [5, 5.41) is 22.7. The number of aliphatic hydroxyl groups excluding tert-OH is 1. The number of hydrogen-bond acceptors (Lipinski definition) is 7. The van der Waals surface area contributed by atoms with Gasteiger partial charge in [-0.2, -0.15) is 5.10 Å². The zero-order chi connectivity index (χ0) is 17.2. The Morgan fingerprint density at radius 1 is 1.32 bits per heavy atom. The number of β-amino-alcohol motifs (C(OH)–C–C–N with tert-alkyl or cyclic N) is 1. The first kappa shape index (κ1) is 16.7. The van der Waals surface area contributed by atoms with Crippen molar-refractivity contribution in [1.29, 1.82) is 0 Å². The van der Waals surface area contributed by atoms with Crippen LogP contribution in [0.5, 0.6) is 0 Å². The second-order valence-electron chi connectivity index (χ2n) is 7.31. The number of aliphatic hydroxyl groups is 1. The molecule has 1 aliphatic heterocycles. The number of likely N-dealkylation sites (tertiary alicyclic amines) is 1. The van der Waals surface area contributed by atoms with Crippen molar-refractivity contribution in [3.63, 3.8) is 0 Å². The fourth-order valence-electron chi connectivity index (χ4n) is 3.49. The second kappa shape index (κ2) is 7.23. The molecule has 8 nitrogen and oxygen atoms in total. The Hall–Kier alpha value is -1.77. The summed E-state index contributed by atoms with van der Waals surface area (Å²) in [6, 6.07) is 2.33. The molecular formula is C17H26N6O2. The average Bonchev–Trinajstić information content (AvgIpc) is 3.00. The Balaban J connectivity index is 1.23. The third-order valence-corrected chi connectivity index (χ3v) is 5.09. The van der Waals surface area contributed by atoms with Gasteiger partial charge in [0.2, 0.25) is 11.8 Å². The van der Waals surface area contributed by atoms with E-state index in [-0.39, 0.29) is 0 Å². The molecule has 2 aliphatic rings. The highest BCUT2D eigenvalue weighted by Crippen LogP contribution is 2.39. The monoisotopic (exact) mass is 346 g/mol. The number of hydrogen-bond donors (Lipinski definition) is 1. The molecule has 8 heteroatoms. The lowest BCUT2D eigenvalue weighted by Crippen LogP contribution is -2.37. The van der Waals surface area contributed by atoms with E-state index >= 15 is 0 Å². The highest BCUT2D eigenvalue weighted by atomic mass is 16.4. The van der Waals surface area contributed by atoms with Crippen LogP contribution in [0.15, 0.2) is 22.9 Å².